The van der Waals surface area contributed by atoms with Gasteiger partial charge in [-0.15, -0.1) is 11.3 Å². The molecule has 1 N–H and O–H groups in total. The summed E-state index contributed by atoms with van der Waals surface area (Å²) in [5, 5.41) is 3.15. The van der Waals surface area contributed by atoms with Crippen molar-refractivity contribution in [3.8, 4) is 0 Å². The van der Waals surface area contributed by atoms with Crippen LogP contribution in [0.25, 0.3) is 10.2 Å². The van der Waals surface area contributed by atoms with Crippen LogP contribution in [0.4, 0.5) is 0 Å². The number of hydrogen-bond donors (Lipinski definition) is 1. The van der Waals surface area contributed by atoms with Gasteiger partial charge in [-0.05, 0) is 31.0 Å². The van der Waals surface area contributed by atoms with Crippen LogP contribution >= 0.6 is 23.1 Å². The van der Waals surface area contributed by atoms with Gasteiger partial charge >= 0.3 is 0 Å². The van der Waals surface area contributed by atoms with E-state index < -0.39 is 0 Å². The first kappa shape index (κ1) is 9.96. The second kappa shape index (κ2) is 4.29. The molecule has 0 bridgehead atoms. The molecule has 0 aliphatic rings. The lowest BCUT2D eigenvalue weighted by molar-refractivity contribution is 0.819. The lowest BCUT2D eigenvalue weighted by atomic mass is 10.2. The first-order chi connectivity index (χ1) is 6.83. The Hall–Kier alpha value is -0.580. The summed E-state index contributed by atoms with van der Waals surface area (Å²) in [6.07, 6.45) is 2.06. The zero-order valence-corrected chi connectivity index (χ0v) is 9.84. The van der Waals surface area contributed by atoms with Crippen molar-refractivity contribution in [2.75, 3.05) is 13.3 Å². The number of nitrogens with zero attached hydrogens (tertiary/aromatic N) is 1. The molecule has 0 aliphatic carbocycles. The van der Waals surface area contributed by atoms with E-state index in [1.807, 2.05) is 7.05 Å². The maximum absolute atomic E-state index is 4.49. The van der Waals surface area contributed by atoms with Crippen molar-refractivity contribution in [2.24, 2.45) is 0 Å². The van der Waals surface area contributed by atoms with Crippen molar-refractivity contribution < 1.29 is 0 Å². The Morgan fingerprint density at radius 2 is 2.36 bits per heavy atom. The smallest absolute Gasteiger partial charge is 0.150 e. The highest BCUT2D eigenvalue weighted by atomic mass is 32.2. The molecule has 4 heteroatoms. The molecule has 2 nitrogen and oxygen atoms in total. The quantitative estimate of drug-likeness (QED) is 0.811. The molecule has 0 amide bonds. The summed E-state index contributed by atoms with van der Waals surface area (Å²) < 4.78 is 2.42. The van der Waals surface area contributed by atoms with Crippen LogP contribution in [0.3, 0.4) is 0 Å². The van der Waals surface area contributed by atoms with Crippen LogP contribution < -0.4 is 5.32 Å². The van der Waals surface area contributed by atoms with Gasteiger partial charge in [-0.3, -0.25) is 0 Å². The van der Waals surface area contributed by atoms with Crippen molar-refractivity contribution in [3.05, 3.63) is 23.8 Å². The molecular formula is C10H12N2S2. The van der Waals surface area contributed by atoms with Gasteiger partial charge in [-0.25, -0.2) is 4.98 Å². The Balaban J connectivity index is 2.43. The van der Waals surface area contributed by atoms with Crippen LogP contribution in [0.5, 0.6) is 0 Å². The number of thiazole rings is 1. The normalized spacial score (nSPS) is 11.0. The molecule has 1 aromatic carbocycles. The SMILES string of the molecule is CNCc1ccc2nc(SC)sc2c1. The molecule has 14 heavy (non-hydrogen) atoms. The van der Waals surface area contributed by atoms with Gasteiger partial charge in [-0.1, -0.05) is 17.8 Å². The van der Waals surface area contributed by atoms with Gasteiger partial charge in [0.1, 0.15) is 0 Å². The highest BCUT2D eigenvalue weighted by Gasteiger charge is 2.02. The first-order valence-electron chi connectivity index (χ1n) is 4.41. The van der Waals surface area contributed by atoms with Gasteiger partial charge in [-0.2, -0.15) is 0 Å². The molecule has 0 fully saturated rings. The minimum atomic E-state index is 0.919. The van der Waals surface area contributed by atoms with Crippen molar-refractivity contribution in [1.82, 2.24) is 10.3 Å². The number of rotatable bonds is 3. The molecule has 2 rings (SSSR count). The summed E-state index contributed by atoms with van der Waals surface area (Å²) in [6.45, 7) is 0.919. The van der Waals surface area contributed by atoms with E-state index in [1.165, 1.54) is 10.3 Å². The van der Waals surface area contributed by atoms with Gasteiger partial charge in [0.05, 0.1) is 10.2 Å². The van der Waals surface area contributed by atoms with Gasteiger partial charge in [0.2, 0.25) is 0 Å². The molecule has 0 spiro atoms. The summed E-state index contributed by atoms with van der Waals surface area (Å²) in [5.74, 6) is 0. The molecule has 0 atom stereocenters. The van der Waals surface area contributed by atoms with Crippen molar-refractivity contribution in [3.63, 3.8) is 0 Å². The zero-order valence-electron chi connectivity index (χ0n) is 8.20. The third-order valence-corrected chi connectivity index (χ3v) is 3.99. The van der Waals surface area contributed by atoms with Crippen LogP contribution in [-0.2, 0) is 6.54 Å². The van der Waals surface area contributed by atoms with Gasteiger partial charge in [0.15, 0.2) is 4.34 Å². The molecule has 1 heterocycles. The van der Waals surface area contributed by atoms with Crippen molar-refractivity contribution >= 4 is 33.3 Å². The standard InChI is InChI=1S/C10H12N2S2/c1-11-6-7-3-4-8-9(5-7)14-10(12-8)13-2/h3-5,11H,6H2,1-2H3. The Labute approximate surface area is 91.7 Å². The summed E-state index contributed by atoms with van der Waals surface area (Å²) >= 11 is 3.47. The molecule has 0 unspecified atom stereocenters. The van der Waals surface area contributed by atoms with E-state index >= 15 is 0 Å². The Kier molecular flexibility index (Phi) is 3.05. The van der Waals surface area contributed by atoms with E-state index in [0.717, 1.165) is 16.4 Å². The third kappa shape index (κ3) is 1.92. The van der Waals surface area contributed by atoms with E-state index in [-0.39, 0.29) is 0 Å². The fourth-order valence-electron chi connectivity index (χ4n) is 1.35. The number of nitrogens with one attached hydrogen (secondary N) is 1. The van der Waals surface area contributed by atoms with Crippen LogP contribution in [0, 0.1) is 0 Å². The van der Waals surface area contributed by atoms with E-state index in [4.69, 9.17) is 0 Å². The Morgan fingerprint density at radius 3 is 3.07 bits per heavy atom. The summed E-state index contributed by atoms with van der Waals surface area (Å²) in [5.41, 5.74) is 2.43. The lowest BCUT2D eigenvalue weighted by Crippen LogP contribution is -2.04. The van der Waals surface area contributed by atoms with Crippen LogP contribution in [-0.4, -0.2) is 18.3 Å². The maximum atomic E-state index is 4.49. The predicted octanol–water partition coefficient (Wildman–Crippen LogP) is 2.74. The number of benzene rings is 1. The van der Waals surface area contributed by atoms with Crippen LogP contribution in [0.15, 0.2) is 22.5 Å². The lowest BCUT2D eigenvalue weighted by Gasteiger charge is -1.97. The number of aromatic nitrogens is 1. The predicted molar refractivity (Wildman–Crippen MR) is 64.2 cm³/mol. The zero-order chi connectivity index (χ0) is 9.97. The van der Waals surface area contributed by atoms with Crippen molar-refractivity contribution in [2.45, 2.75) is 10.9 Å². The first-order valence-corrected chi connectivity index (χ1v) is 6.45. The molecule has 0 aliphatic heterocycles. The molecule has 0 radical (unpaired) electrons. The highest BCUT2D eigenvalue weighted by molar-refractivity contribution is 8.00. The highest BCUT2D eigenvalue weighted by Crippen LogP contribution is 2.28. The van der Waals surface area contributed by atoms with Crippen molar-refractivity contribution in [1.29, 1.82) is 0 Å². The average Bonchev–Trinajstić information content (AvgIpc) is 2.60. The van der Waals surface area contributed by atoms with Crippen LogP contribution in [0.2, 0.25) is 0 Å². The minimum Gasteiger partial charge on any atom is -0.316 e. The third-order valence-electron chi connectivity index (χ3n) is 1.99. The molecule has 74 valence electrons. The Morgan fingerprint density at radius 1 is 1.50 bits per heavy atom. The monoisotopic (exact) mass is 224 g/mol. The van der Waals surface area contributed by atoms with Crippen LogP contribution in [0.1, 0.15) is 5.56 Å². The second-order valence-electron chi connectivity index (χ2n) is 3.02. The van der Waals surface area contributed by atoms with E-state index in [0.29, 0.717) is 0 Å². The summed E-state index contributed by atoms with van der Waals surface area (Å²) in [7, 11) is 1.96. The molecule has 0 saturated heterocycles. The number of thioether (sulfide) groups is 1. The van der Waals surface area contributed by atoms with Gasteiger partial charge < -0.3 is 5.32 Å². The van der Waals surface area contributed by atoms with E-state index in [9.17, 15) is 0 Å². The largest absolute Gasteiger partial charge is 0.316 e. The minimum absolute atomic E-state index is 0.919. The Bertz CT molecular complexity index is 437. The molecule has 2 aromatic rings. The topological polar surface area (TPSA) is 24.9 Å². The fraction of sp³-hybridized carbons (Fsp3) is 0.300. The number of hydrogen-bond acceptors (Lipinski definition) is 4. The maximum Gasteiger partial charge on any atom is 0.150 e. The van der Waals surface area contributed by atoms with E-state index in [2.05, 4.69) is 34.8 Å². The van der Waals surface area contributed by atoms with Gasteiger partial charge in [0.25, 0.3) is 0 Å². The summed E-state index contributed by atoms with van der Waals surface area (Å²) in [4.78, 5) is 4.49. The second-order valence-corrected chi connectivity index (χ2v) is 5.10. The van der Waals surface area contributed by atoms with E-state index in [1.54, 1.807) is 23.1 Å². The van der Waals surface area contributed by atoms with Gasteiger partial charge in [0, 0.05) is 6.54 Å². The summed E-state index contributed by atoms with van der Waals surface area (Å²) in [6, 6.07) is 6.43. The molecule has 0 saturated carbocycles. The molecule has 1 aromatic heterocycles. The average molecular weight is 224 g/mol. The fourth-order valence-corrected chi connectivity index (χ4v) is 2.90. The molecular weight excluding hydrogens is 212 g/mol. The number of fused-ring (bicyclic) bond motifs is 1.